The summed E-state index contributed by atoms with van der Waals surface area (Å²) in [6, 6.07) is 0. The van der Waals surface area contributed by atoms with Crippen molar-refractivity contribution in [3.05, 3.63) is 24.3 Å². The molecule has 2 rings (SSSR count). The maximum absolute atomic E-state index is 12.9. The van der Waals surface area contributed by atoms with Crippen LogP contribution in [0.2, 0.25) is 0 Å². The SMILES string of the molecule is CC(C)(C)OC(=O)C1(C)C=CC=C[C@]1(CN1CCCC1)S(=O)(=O)O. The predicted molar refractivity (Wildman–Crippen MR) is 92.2 cm³/mol. The van der Waals surface area contributed by atoms with Gasteiger partial charge >= 0.3 is 5.97 Å². The molecule has 1 unspecified atom stereocenters. The molecule has 2 aliphatic rings. The molecule has 0 aromatic heterocycles. The largest absolute Gasteiger partial charge is 0.459 e. The highest BCUT2D eigenvalue weighted by molar-refractivity contribution is 7.87. The molecule has 2 atom stereocenters. The summed E-state index contributed by atoms with van der Waals surface area (Å²) in [5, 5.41) is 0. The number of rotatable bonds is 4. The van der Waals surface area contributed by atoms with Crippen molar-refractivity contribution >= 4 is 16.1 Å². The molecular formula is C17H27NO5S. The average molecular weight is 357 g/mol. The zero-order valence-electron chi connectivity index (χ0n) is 14.8. The molecule has 0 bridgehead atoms. The number of hydrogen-bond acceptors (Lipinski definition) is 5. The van der Waals surface area contributed by atoms with E-state index in [0.29, 0.717) is 0 Å². The smallest absolute Gasteiger partial charge is 0.318 e. The molecule has 6 nitrogen and oxygen atoms in total. The van der Waals surface area contributed by atoms with Gasteiger partial charge in [0, 0.05) is 6.54 Å². The van der Waals surface area contributed by atoms with Crippen LogP contribution < -0.4 is 0 Å². The predicted octanol–water partition coefficient (Wildman–Crippen LogP) is 2.18. The summed E-state index contributed by atoms with van der Waals surface area (Å²) in [4.78, 5) is 14.8. The van der Waals surface area contributed by atoms with Crippen LogP contribution >= 0.6 is 0 Å². The number of ether oxygens (including phenoxy) is 1. The number of likely N-dealkylation sites (tertiary alicyclic amines) is 1. The average Bonchev–Trinajstić information content (AvgIpc) is 2.91. The highest BCUT2D eigenvalue weighted by Gasteiger charge is 2.61. The molecule has 0 aromatic rings. The topological polar surface area (TPSA) is 83.9 Å². The lowest BCUT2D eigenvalue weighted by Crippen LogP contribution is -2.61. The fourth-order valence-corrected chi connectivity index (χ4v) is 4.61. The van der Waals surface area contributed by atoms with Gasteiger partial charge in [-0.3, -0.25) is 9.35 Å². The Balaban J connectivity index is 2.50. The molecular weight excluding hydrogens is 330 g/mol. The quantitative estimate of drug-likeness (QED) is 0.613. The molecule has 136 valence electrons. The highest BCUT2D eigenvalue weighted by Crippen LogP contribution is 2.45. The Bertz CT molecular complexity index is 655. The molecule has 1 saturated heterocycles. The van der Waals surface area contributed by atoms with Crippen LogP contribution in [0.5, 0.6) is 0 Å². The van der Waals surface area contributed by atoms with Gasteiger partial charge in [0.15, 0.2) is 0 Å². The Kier molecular flexibility index (Phi) is 5.01. The summed E-state index contributed by atoms with van der Waals surface area (Å²) in [5.41, 5.74) is -2.26. The summed E-state index contributed by atoms with van der Waals surface area (Å²) in [6.45, 7) is 8.26. The van der Waals surface area contributed by atoms with E-state index in [9.17, 15) is 17.8 Å². The molecule has 1 heterocycles. The summed E-state index contributed by atoms with van der Waals surface area (Å²) in [6.07, 6.45) is 8.08. The normalized spacial score (nSPS) is 31.4. The van der Waals surface area contributed by atoms with Gasteiger partial charge in [0.1, 0.15) is 15.8 Å². The first kappa shape index (κ1) is 19.1. The second kappa shape index (κ2) is 6.28. The molecule has 0 amide bonds. The van der Waals surface area contributed by atoms with E-state index in [1.54, 1.807) is 32.9 Å². The number of carbonyl (C=O) groups is 1. The van der Waals surface area contributed by atoms with Crippen molar-refractivity contribution in [3.8, 4) is 0 Å². The van der Waals surface area contributed by atoms with Crippen LogP contribution in [0.4, 0.5) is 0 Å². The van der Waals surface area contributed by atoms with Gasteiger partial charge in [-0.2, -0.15) is 8.42 Å². The van der Waals surface area contributed by atoms with E-state index in [1.165, 1.54) is 19.1 Å². The lowest BCUT2D eigenvalue weighted by Gasteiger charge is -2.44. The van der Waals surface area contributed by atoms with Gasteiger partial charge in [-0.15, -0.1) is 0 Å². The van der Waals surface area contributed by atoms with Crippen LogP contribution in [0.15, 0.2) is 24.3 Å². The Hall–Kier alpha value is -1.18. The number of hydrogen-bond donors (Lipinski definition) is 1. The first-order valence-corrected chi connectivity index (χ1v) is 9.65. The second-order valence-electron chi connectivity index (χ2n) is 7.77. The number of carbonyl (C=O) groups excluding carboxylic acids is 1. The maximum Gasteiger partial charge on any atom is 0.318 e. The molecule has 7 heteroatoms. The number of nitrogens with zero attached hydrogens (tertiary/aromatic N) is 1. The fourth-order valence-electron chi connectivity index (χ4n) is 3.32. The van der Waals surface area contributed by atoms with E-state index >= 15 is 0 Å². The Labute approximate surface area is 144 Å². The Morgan fingerprint density at radius 3 is 2.25 bits per heavy atom. The molecule has 1 aliphatic carbocycles. The van der Waals surface area contributed by atoms with Crippen molar-refractivity contribution in [2.24, 2.45) is 5.41 Å². The van der Waals surface area contributed by atoms with Crippen LogP contribution in [0.25, 0.3) is 0 Å². The lowest BCUT2D eigenvalue weighted by atomic mass is 9.73. The van der Waals surface area contributed by atoms with E-state index < -0.39 is 31.9 Å². The zero-order chi connectivity index (χ0) is 18.2. The van der Waals surface area contributed by atoms with E-state index in [2.05, 4.69) is 0 Å². The molecule has 0 radical (unpaired) electrons. The third kappa shape index (κ3) is 3.43. The molecule has 1 aliphatic heterocycles. The first-order valence-electron chi connectivity index (χ1n) is 8.21. The fraction of sp³-hybridized carbons (Fsp3) is 0.706. The summed E-state index contributed by atoms with van der Waals surface area (Å²) in [5.74, 6) is -0.660. The van der Waals surface area contributed by atoms with Gasteiger partial charge in [0.05, 0.1) is 0 Å². The molecule has 0 aromatic carbocycles. The third-order valence-electron chi connectivity index (χ3n) is 4.73. The highest BCUT2D eigenvalue weighted by atomic mass is 32.2. The van der Waals surface area contributed by atoms with Gasteiger partial charge in [0.2, 0.25) is 0 Å². The van der Waals surface area contributed by atoms with Crippen molar-refractivity contribution in [1.29, 1.82) is 0 Å². The van der Waals surface area contributed by atoms with Crippen LogP contribution in [0.3, 0.4) is 0 Å². The summed E-state index contributed by atoms with van der Waals surface area (Å²) < 4.78 is 38.6. The third-order valence-corrected chi connectivity index (χ3v) is 6.34. The van der Waals surface area contributed by atoms with Gasteiger partial charge in [-0.05, 0) is 53.6 Å². The standard InChI is InChI=1S/C17H27NO5S/c1-15(2,3)23-14(19)16(4)9-5-6-10-17(16,24(20,21)22)13-18-11-7-8-12-18/h5-6,9-10H,7-8,11-13H2,1-4H3,(H,20,21,22)/t16?,17-/m1/s1. The number of allylic oxidation sites excluding steroid dienone is 2. The molecule has 0 spiro atoms. The van der Waals surface area contributed by atoms with Crippen molar-refractivity contribution < 1.29 is 22.5 Å². The zero-order valence-corrected chi connectivity index (χ0v) is 15.6. The maximum atomic E-state index is 12.9. The molecule has 24 heavy (non-hydrogen) atoms. The van der Waals surface area contributed by atoms with Gasteiger partial charge in [-0.25, -0.2) is 0 Å². The molecule has 1 fully saturated rings. The summed E-state index contributed by atoms with van der Waals surface area (Å²) in [7, 11) is -4.56. The van der Waals surface area contributed by atoms with E-state index in [0.717, 1.165) is 25.9 Å². The van der Waals surface area contributed by atoms with Crippen LogP contribution in [0.1, 0.15) is 40.5 Å². The van der Waals surface area contributed by atoms with E-state index in [4.69, 9.17) is 4.74 Å². The van der Waals surface area contributed by atoms with Crippen LogP contribution in [0, 0.1) is 5.41 Å². The minimum Gasteiger partial charge on any atom is -0.459 e. The van der Waals surface area contributed by atoms with Gasteiger partial charge < -0.3 is 9.64 Å². The van der Waals surface area contributed by atoms with Crippen LogP contribution in [-0.4, -0.2) is 53.8 Å². The molecule has 1 N–H and O–H groups in total. The van der Waals surface area contributed by atoms with Gasteiger partial charge in [-0.1, -0.05) is 24.3 Å². The number of esters is 1. The minimum absolute atomic E-state index is 0.0580. The first-order chi connectivity index (χ1) is 10.9. The molecule has 0 saturated carbocycles. The second-order valence-corrected chi connectivity index (χ2v) is 9.45. The van der Waals surface area contributed by atoms with Gasteiger partial charge in [0.25, 0.3) is 10.1 Å². The summed E-state index contributed by atoms with van der Waals surface area (Å²) >= 11 is 0. The van der Waals surface area contributed by atoms with Crippen molar-refractivity contribution in [2.45, 2.75) is 50.9 Å². The van der Waals surface area contributed by atoms with Crippen molar-refractivity contribution in [1.82, 2.24) is 4.90 Å². The monoisotopic (exact) mass is 357 g/mol. The lowest BCUT2D eigenvalue weighted by molar-refractivity contribution is -0.165. The van der Waals surface area contributed by atoms with E-state index in [1.807, 2.05) is 4.90 Å². The van der Waals surface area contributed by atoms with Crippen molar-refractivity contribution in [2.75, 3.05) is 19.6 Å². The Morgan fingerprint density at radius 1 is 1.21 bits per heavy atom. The van der Waals surface area contributed by atoms with E-state index in [-0.39, 0.29) is 6.54 Å². The van der Waals surface area contributed by atoms with Crippen molar-refractivity contribution in [3.63, 3.8) is 0 Å². The minimum atomic E-state index is -4.56. The van der Waals surface area contributed by atoms with Crippen LogP contribution in [-0.2, 0) is 19.6 Å². The Morgan fingerprint density at radius 2 is 1.75 bits per heavy atom.